The molecule has 0 unspecified atom stereocenters. The van der Waals surface area contributed by atoms with Gasteiger partial charge in [0.05, 0.1) is 20.4 Å². The number of hydrogen-bond donors (Lipinski definition) is 2. The van der Waals surface area contributed by atoms with Gasteiger partial charge in [-0.25, -0.2) is 9.97 Å². The molecule has 0 saturated heterocycles. The average Bonchev–Trinajstić information content (AvgIpc) is 3.07. The standard InChI is InChI=1S/C14H8N2S6/c17-7-1-3-9-11(5-7)19-13(15-9)21-22-14-16-10-4-2-8(18)6-12(10)20-14/h1-6,17-18H. The van der Waals surface area contributed by atoms with Crippen LogP contribution in [0, 0.1) is 0 Å². The summed E-state index contributed by atoms with van der Waals surface area (Å²) >= 11 is 12.1. The maximum atomic E-state index is 4.63. The largest absolute Gasteiger partial charge is 0.229 e. The number of thiol groups is 2. The molecule has 4 aromatic rings. The van der Waals surface area contributed by atoms with Crippen LogP contribution in [0.5, 0.6) is 0 Å². The monoisotopic (exact) mass is 396 g/mol. The topological polar surface area (TPSA) is 25.8 Å². The molecule has 0 aliphatic rings. The molecule has 0 atom stereocenters. The molecule has 2 aromatic heterocycles. The minimum atomic E-state index is 0.967. The van der Waals surface area contributed by atoms with Crippen molar-refractivity contribution in [1.82, 2.24) is 9.97 Å². The van der Waals surface area contributed by atoms with Gasteiger partial charge in [0.15, 0.2) is 8.68 Å². The molecular weight excluding hydrogens is 389 g/mol. The van der Waals surface area contributed by atoms with Gasteiger partial charge >= 0.3 is 0 Å². The zero-order chi connectivity index (χ0) is 15.1. The Hall–Kier alpha value is -0.380. The van der Waals surface area contributed by atoms with Crippen molar-refractivity contribution < 1.29 is 0 Å². The van der Waals surface area contributed by atoms with E-state index in [0.717, 1.165) is 29.5 Å². The van der Waals surface area contributed by atoms with E-state index in [1.165, 1.54) is 9.40 Å². The Morgan fingerprint density at radius 3 is 1.64 bits per heavy atom. The first-order valence-corrected chi connectivity index (χ1v) is 10.9. The van der Waals surface area contributed by atoms with Crippen molar-refractivity contribution >= 4 is 90.0 Å². The number of benzene rings is 2. The van der Waals surface area contributed by atoms with E-state index in [-0.39, 0.29) is 0 Å². The lowest BCUT2D eigenvalue weighted by Crippen LogP contribution is -1.69. The Bertz CT molecular complexity index is 894. The van der Waals surface area contributed by atoms with Crippen molar-refractivity contribution in [2.24, 2.45) is 0 Å². The van der Waals surface area contributed by atoms with E-state index >= 15 is 0 Å². The van der Waals surface area contributed by atoms with E-state index in [2.05, 4.69) is 47.4 Å². The molecule has 22 heavy (non-hydrogen) atoms. The molecule has 0 spiro atoms. The highest BCUT2D eigenvalue weighted by Gasteiger charge is 2.09. The molecule has 2 nitrogen and oxygen atoms in total. The van der Waals surface area contributed by atoms with E-state index in [0.29, 0.717) is 0 Å². The Morgan fingerprint density at radius 1 is 0.727 bits per heavy atom. The van der Waals surface area contributed by atoms with Crippen molar-refractivity contribution in [3.8, 4) is 0 Å². The summed E-state index contributed by atoms with van der Waals surface area (Å²) in [4.78, 5) is 11.2. The zero-order valence-corrected chi connectivity index (χ0v) is 15.9. The molecule has 2 aromatic carbocycles. The van der Waals surface area contributed by atoms with Gasteiger partial charge in [-0.15, -0.1) is 47.9 Å². The first-order valence-electron chi connectivity index (χ1n) is 6.21. The molecule has 0 aliphatic carbocycles. The van der Waals surface area contributed by atoms with Crippen LogP contribution < -0.4 is 0 Å². The lowest BCUT2D eigenvalue weighted by molar-refractivity contribution is 1.30. The van der Waals surface area contributed by atoms with Crippen LogP contribution in [0.1, 0.15) is 0 Å². The third-order valence-corrected chi connectivity index (χ3v) is 8.45. The SMILES string of the molecule is Sc1ccc2nc(SSc3nc4ccc(S)cc4s3)sc2c1. The van der Waals surface area contributed by atoms with Gasteiger partial charge < -0.3 is 0 Å². The predicted octanol–water partition coefficient (Wildman–Crippen LogP) is 6.28. The highest BCUT2D eigenvalue weighted by Crippen LogP contribution is 2.43. The number of rotatable bonds is 3. The van der Waals surface area contributed by atoms with Crippen LogP contribution in [0.3, 0.4) is 0 Å². The summed E-state index contributed by atoms with van der Waals surface area (Å²) in [5.41, 5.74) is 2.05. The number of fused-ring (bicyclic) bond motifs is 2. The smallest absolute Gasteiger partial charge is 0.162 e. The third kappa shape index (κ3) is 3.13. The lowest BCUT2D eigenvalue weighted by Gasteiger charge is -1.90. The normalized spacial score (nSPS) is 11.5. The maximum Gasteiger partial charge on any atom is 0.162 e. The van der Waals surface area contributed by atoms with Gasteiger partial charge in [0, 0.05) is 9.79 Å². The molecule has 8 heteroatoms. The Labute approximate surface area is 154 Å². The predicted molar refractivity (Wildman–Crippen MR) is 105 cm³/mol. The quantitative estimate of drug-likeness (QED) is 0.314. The summed E-state index contributed by atoms with van der Waals surface area (Å²) < 4.78 is 4.40. The fraction of sp³-hybridized carbons (Fsp3) is 0. The summed E-state index contributed by atoms with van der Waals surface area (Å²) in [5, 5.41) is 0. The van der Waals surface area contributed by atoms with E-state index < -0.39 is 0 Å². The van der Waals surface area contributed by atoms with Gasteiger partial charge in [-0.2, -0.15) is 0 Å². The zero-order valence-electron chi connectivity index (χ0n) is 10.9. The second kappa shape index (κ2) is 6.26. The second-order valence-corrected chi connectivity index (χ2v) is 10.1. The summed E-state index contributed by atoms with van der Waals surface area (Å²) in [5.74, 6) is 0. The summed E-state index contributed by atoms with van der Waals surface area (Å²) in [6.45, 7) is 0. The van der Waals surface area contributed by atoms with Crippen LogP contribution in [0.25, 0.3) is 20.4 Å². The van der Waals surface area contributed by atoms with Crippen LogP contribution in [0.4, 0.5) is 0 Å². The number of thiazole rings is 2. The third-order valence-electron chi connectivity index (χ3n) is 2.89. The summed E-state index contributed by atoms with van der Waals surface area (Å²) in [6, 6.07) is 12.1. The van der Waals surface area contributed by atoms with Gasteiger partial charge in [-0.05, 0) is 58.0 Å². The van der Waals surface area contributed by atoms with Gasteiger partial charge in [0.2, 0.25) is 0 Å². The van der Waals surface area contributed by atoms with Gasteiger partial charge in [0.1, 0.15) is 0 Å². The molecule has 110 valence electrons. The van der Waals surface area contributed by atoms with E-state index in [1.54, 1.807) is 44.3 Å². The molecule has 0 bridgehead atoms. The Kier molecular flexibility index (Phi) is 4.31. The fourth-order valence-electron chi connectivity index (χ4n) is 1.93. The van der Waals surface area contributed by atoms with Crippen LogP contribution in [0.2, 0.25) is 0 Å². The van der Waals surface area contributed by atoms with Crippen molar-refractivity contribution in [3.05, 3.63) is 36.4 Å². The lowest BCUT2D eigenvalue weighted by atomic mass is 10.3. The molecule has 0 radical (unpaired) electrons. The minimum Gasteiger partial charge on any atom is -0.229 e. The van der Waals surface area contributed by atoms with Crippen LogP contribution in [-0.4, -0.2) is 9.97 Å². The van der Waals surface area contributed by atoms with Crippen molar-refractivity contribution in [3.63, 3.8) is 0 Å². The van der Waals surface area contributed by atoms with Gasteiger partial charge in [-0.3, -0.25) is 0 Å². The van der Waals surface area contributed by atoms with Crippen molar-refractivity contribution in [2.75, 3.05) is 0 Å². The van der Waals surface area contributed by atoms with Crippen LogP contribution in [-0.2, 0) is 0 Å². The highest BCUT2D eigenvalue weighted by atomic mass is 33.1. The molecule has 0 aliphatic heterocycles. The molecule has 2 heterocycles. The Morgan fingerprint density at radius 2 is 1.18 bits per heavy atom. The average molecular weight is 397 g/mol. The minimum absolute atomic E-state index is 0.967. The van der Waals surface area contributed by atoms with E-state index in [4.69, 9.17) is 0 Å². The molecular formula is C14H8N2S6. The van der Waals surface area contributed by atoms with Crippen LogP contribution in [0.15, 0.2) is 54.9 Å². The van der Waals surface area contributed by atoms with Crippen molar-refractivity contribution in [1.29, 1.82) is 0 Å². The molecule has 0 saturated carbocycles. The Balaban J connectivity index is 1.56. The summed E-state index contributed by atoms with van der Waals surface area (Å²) in [7, 11) is 3.31. The van der Waals surface area contributed by atoms with E-state index in [1.807, 2.05) is 24.3 Å². The van der Waals surface area contributed by atoms with Gasteiger partial charge in [0.25, 0.3) is 0 Å². The fourth-order valence-corrected chi connectivity index (χ4v) is 7.08. The van der Waals surface area contributed by atoms with E-state index in [9.17, 15) is 0 Å². The molecule has 4 rings (SSSR count). The molecule has 0 amide bonds. The maximum absolute atomic E-state index is 4.63. The van der Waals surface area contributed by atoms with Gasteiger partial charge in [-0.1, -0.05) is 0 Å². The first-order chi connectivity index (χ1) is 10.7. The van der Waals surface area contributed by atoms with Crippen LogP contribution >= 0.6 is 69.5 Å². The molecule has 0 N–H and O–H groups in total. The molecule has 0 fully saturated rings. The number of nitrogens with zero attached hydrogens (tertiary/aromatic N) is 2. The highest BCUT2D eigenvalue weighted by molar-refractivity contribution is 8.77. The van der Waals surface area contributed by atoms with Crippen molar-refractivity contribution in [2.45, 2.75) is 18.5 Å². The number of hydrogen-bond acceptors (Lipinski definition) is 8. The first kappa shape index (κ1) is 15.2. The number of aromatic nitrogens is 2. The summed E-state index contributed by atoms with van der Waals surface area (Å²) in [6.07, 6.45) is 0. The second-order valence-electron chi connectivity index (χ2n) is 4.43.